The molecule has 2 fully saturated rings. The van der Waals surface area contributed by atoms with Crippen molar-refractivity contribution in [3.8, 4) is 0 Å². The zero-order valence-electron chi connectivity index (χ0n) is 17.4. The van der Waals surface area contributed by atoms with E-state index >= 15 is 0 Å². The second-order valence-electron chi connectivity index (χ2n) is 6.04. The van der Waals surface area contributed by atoms with Gasteiger partial charge in [0.15, 0.2) is 0 Å². The van der Waals surface area contributed by atoms with Crippen LogP contribution in [0.1, 0.15) is 36.4 Å². The van der Waals surface area contributed by atoms with Crippen LogP contribution in [0, 0.1) is 11.8 Å². The minimum atomic E-state index is -4.53. The first-order chi connectivity index (χ1) is 9.80. The van der Waals surface area contributed by atoms with E-state index in [1.807, 2.05) is 0 Å². The molecule has 0 spiro atoms. The SMILES string of the molecule is O=S(=O)(O)C1CCC2C(C1)CC(S(=O)(=O)O)CC2S(=O)(=O)O.[H-].[H-].[H-].[Na+].[Na+].[Na+]. The first-order valence-electron chi connectivity index (χ1n) is 6.69. The van der Waals surface area contributed by atoms with Gasteiger partial charge < -0.3 is 4.28 Å². The van der Waals surface area contributed by atoms with E-state index < -0.39 is 64.4 Å². The average molecular weight is 450 g/mol. The Morgan fingerprint density at radius 3 is 1.48 bits per heavy atom. The summed E-state index contributed by atoms with van der Waals surface area (Å²) >= 11 is 0. The third-order valence-corrected chi connectivity index (χ3v) is 8.56. The maximum atomic E-state index is 11.5. The van der Waals surface area contributed by atoms with Gasteiger partial charge in [-0.15, -0.1) is 0 Å². The van der Waals surface area contributed by atoms with E-state index in [1.54, 1.807) is 0 Å². The van der Waals surface area contributed by atoms with Crippen molar-refractivity contribution in [2.45, 2.75) is 47.9 Å². The second-order valence-corrected chi connectivity index (χ2v) is 11.1. The maximum Gasteiger partial charge on any atom is 1.00 e. The van der Waals surface area contributed by atoms with Gasteiger partial charge in [-0.2, -0.15) is 25.3 Å². The molecule has 2 saturated carbocycles. The Bertz CT molecular complexity index is 762. The number of hydrogen-bond acceptors (Lipinski definition) is 6. The molecule has 5 unspecified atom stereocenters. The molecule has 0 heterocycles. The predicted molar refractivity (Wildman–Crippen MR) is 79.4 cm³/mol. The summed E-state index contributed by atoms with van der Waals surface area (Å²) in [5.41, 5.74) is 0. The van der Waals surface area contributed by atoms with Crippen LogP contribution in [0.2, 0.25) is 0 Å². The molecule has 0 saturated heterocycles. The van der Waals surface area contributed by atoms with Crippen LogP contribution in [-0.4, -0.2) is 54.7 Å². The fraction of sp³-hybridized carbons (Fsp3) is 1.00. The number of fused-ring (bicyclic) bond motifs is 1. The van der Waals surface area contributed by atoms with Gasteiger partial charge in [-0.3, -0.25) is 13.7 Å². The largest absolute Gasteiger partial charge is 1.00 e. The molecule has 0 aliphatic heterocycles. The summed E-state index contributed by atoms with van der Waals surface area (Å²) in [5, 5.41) is -3.82. The minimum absolute atomic E-state index is 0. The fourth-order valence-electron chi connectivity index (χ4n) is 3.73. The van der Waals surface area contributed by atoms with Crippen LogP contribution < -0.4 is 88.7 Å². The van der Waals surface area contributed by atoms with E-state index in [0.29, 0.717) is 0 Å². The van der Waals surface area contributed by atoms with Crippen molar-refractivity contribution in [2.75, 3.05) is 0 Å². The maximum absolute atomic E-state index is 11.5. The van der Waals surface area contributed by atoms with E-state index in [9.17, 15) is 34.4 Å². The molecule has 0 aromatic rings. The Kier molecular flexibility index (Phi) is 12.8. The van der Waals surface area contributed by atoms with Gasteiger partial charge in [-0.05, 0) is 43.9 Å². The molecular formula is C10H21Na3O9S3. The first kappa shape index (κ1) is 29.9. The molecular weight excluding hydrogens is 429 g/mol. The van der Waals surface area contributed by atoms with E-state index in [1.165, 1.54) is 0 Å². The quantitative estimate of drug-likeness (QED) is 0.280. The van der Waals surface area contributed by atoms with Crippen LogP contribution in [0.4, 0.5) is 0 Å². The van der Waals surface area contributed by atoms with Crippen molar-refractivity contribution in [1.29, 1.82) is 0 Å². The van der Waals surface area contributed by atoms with Crippen molar-refractivity contribution < 1.29 is 132 Å². The van der Waals surface area contributed by atoms with E-state index in [2.05, 4.69) is 0 Å². The van der Waals surface area contributed by atoms with Crippen molar-refractivity contribution in [3.63, 3.8) is 0 Å². The van der Waals surface area contributed by atoms with Crippen LogP contribution in [0.25, 0.3) is 0 Å². The molecule has 136 valence electrons. The molecule has 0 radical (unpaired) electrons. The van der Waals surface area contributed by atoms with E-state index in [-0.39, 0.29) is 119 Å². The van der Waals surface area contributed by atoms with Crippen molar-refractivity contribution in [3.05, 3.63) is 0 Å². The molecule has 9 nitrogen and oxygen atoms in total. The van der Waals surface area contributed by atoms with Gasteiger partial charge in [0.2, 0.25) is 0 Å². The fourth-order valence-corrected chi connectivity index (χ4v) is 6.99. The third kappa shape index (κ3) is 7.82. The Morgan fingerprint density at radius 1 is 0.640 bits per heavy atom. The molecule has 0 aromatic heterocycles. The predicted octanol–water partition coefficient (Wildman–Crippen LogP) is -8.68. The summed E-state index contributed by atoms with van der Waals surface area (Å²) in [7, 11) is -13.3. The molecule has 25 heavy (non-hydrogen) atoms. The van der Waals surface area contributed by atoms with Gasteiger partial charge in [-0.25, -0.2) is 0 Å². The Morgan fingerprint density at radius 2 is 1.08 bits per heavy atom. The van der Waals surface area contributed by atoms with Crippen LogP contribution in [0.15, 0.2) is 0 Å². The summed E-state index contributed by atoms with van der Waals surface area (Å²) < 4.78 is 95.7. The monoisotopic (exact) mass is 450 g/mol. The third-order valence-electron chi connectivity index (χ3n) is 4.76. The van der Waals surface area contributed by atoms with Crippen LogP contribution >= 0.6 is 0 Å². The number of hydrogen-bond donors (Lipinski definition) is 3. The van der Waals surface area contributed by atoms with Gasteiger partial charge in [-0.1, -0.05) is 0 Å². The topological polar surface area (TPSA) is 163 Å². The second kappa shape index (κ2) is 10.7. The van der Waals surface area contributed by atoms with Gasteiger partial charge in [0.05, 0.1) is 15.7 Å². The Labute approximate surface area is 219 Å². The van der Waals surface area contributed by atoms with Crippen LogP contribution in [-0.2, 0) is 30.4 Å². The Hall–Kier alpha value is 2.73. The summed E-state index contributed by atoms with van der Waals surface area (Å²) in [6.07, 6.45) is -0.432. The van der Waals surface area contributed by atoms with Crippen molar-refractivity contribution in [1.82, 2.24) is 0 Å². The van der Waals surface area contributed by atoms with Crippen molar-refractivity contribution >= 4 is 30.4 Å². The van der Waals surface area contributed by atoms with Gasteiger partial charge >= 0.3 is 88.7 Å². The summed E-state index contributed by atoms with van der Waals surface area (Å²) in [4.78, 5) is 0. The zero-order valence-corrected chi connectivity index (χ0v) is 22.9. The van der Waals surface area contributed by atoms with Gasteiger partial charge in [0, 0.05) is 0 Å². The number of rotatable bonds is 3. The molecule has 3 N–H and O–H groups in total. The molecule has 0 bridgehead atoms. The molecule has 2 aliphatic carbocycles. The summed E-state index contributed by atoms with van der Waals surface area (Å²) in [5.74, 6) is -1.22. The standard InChI is InChI=1S/C10H18O9S3.3Na.3H/c11-20(12,13)7-1-2-9-6(3-7)4-8(21(14,15)16)5-10(9)22(17,18)19;;;;;;/h6-10H,1-5H2,(H,11,12,13)(H,14,15,16)(H,17,18,19);;;;;;/q;3*+1;3*-1. The van der Waals surface area contributed by atoms with Gasteiger partial charge in [0.1, 0.15) is 0 Å². The minimum Gasteiger partial charge on any atom is -1.00 e. The normalized spacial score (nSPS) is 33.0. The molecule has 0 amide bonds. The molecule has 2 aliphatic rings. The Balaban J connectivity index is -0.000000294. The van der Waals surface area contributed by atoms with Crippen LogP contribution in [0.5, 0.6) is 0 Å². The molecule has 2 rings (SSSR count). The summed E-state index contributed by atoms with van der Waals surface area (Å²) in [6.45, 7) is 0. The van der Waals surface area contributed by atoms with Crippen molar-refractivity contribution in [2.24, 2.45) is 11.8 Å². The molecule has 5 atom stereocenters. The zero-order chi connectivity index (χ0) is 16.9. The smallest absolute Gasteiger partial charge is 1.00 e. The summed E-state index contributed by atoms with van der Waals surface area (Å²) in [6, 6.07) is 0. The van der Waals surface area contributed by atoms with E-state index in [0.717, 1.165) is 0 Å². The van der Waals surface area contributed by atoms with Gasteiger partial charge in [0.25, 0.3) is 30.4 Å². The average Bonchev–Trinajstić information content (AvgIpc) is 2.33. The van der Waals surface area contributed by atoms with Crippen LogP contribution in [0.3, 0.4) is 0 Å². The first-order valence-corrected chi connectivity index (χ1v) is 11.2. The molecule has 0 aromatic carbocycles. The molecule has 15 heteroatoms. The van der Waals surface area contributed by atoms with E-state index in [4.69, 9.17) is 4.55 Å².